The van der Waals surface area contributed by atoms with Crippen molar-refractivity contribution in [2.75, 3.05) is 6.67 Å². The Morgan fingerprint density at radius 3 is 2.62 bits per heavy atom. The summed E-state index contributed by atoms with van der Waals surface area (Å²) in [6.07, 6.45) is 0.0942. The van der Waals surface area contributed by atoms with E-state index in [4.69, 9.17) is 16.3 Å². The highest BCUT2D eigenvalue weighted by Gasteiger charge is 2.17. The van der Waals surface area contributed by atoms with E-state index >= 15 is 0 Å². The van der Waals surface area contributed by atoms with Gasteiger partial charge in [-0.3, -0.25) is 4.39 Å². The molecule has 0 radical (unpaired) electrons. The Morgan fingerprint density at radius 2 is 1.92 bits per heavy atom. The second-order valence-corrected chi connectivity index (χ2v) is 5.68. The predicted molar refractivity (Wildman–Crippen MR) is 89.4 cm³/mol. The minimum absolute atomic E-state index is 0.0165. The number of benzene rings is 2. The lowest BCUT2D eigenvalue weighted by molar-refractivity contribution is 0.427. The molecule has 0 spiro atoms. The first-order valence-electron chi connectivity index (χ1n) is 7.54. The first-order chi connectivity index (χ1) is 12.5. The zero-order chi connectivity index (χ0) is 18.7. The highest BCUT2D eigenvalue weighted by Crippen LogP contribution is 2.33. The minimum Gasteiger partial charge on any atom is -0.508 e. The molecule has 0 bridgehead atoms. The van der Waals surface area contributed by atoms with E-state index in [9.17, 15) is 18.7 Å². The highest BCUT2D eigenvalue weighted by molar-refractivity contribution is 6.32. The van der Waals surface area contributed by atoms with Crippen molar-refractivity contribution in [3.63, 3.8) is 0 Å². The third-order valence-corrected chi connectivity index (χ3v) is 3.73. The quantitative estimate of drug-likeness (QED) is 0.708. The molecule has 7 nitrogen and oxygen atoms in total. The van der Waals surface area contributed by atoms with Gasteiger partial charge in [-0.25, -0.2) is 9.18 Å². The van der Waals surface area contributed by atoms with Gasteiger partial charge in [-0.05, 0) is 47.2 Å². The fourth-order valence-corrected chi connectivity index (χ4v) is 2.36. The van der Waals surface area contributed by atoms with Crippen LogP contribution in [0.3, 0.4) is 0 Å². The molecular formula is C16H13ClF2N4O3. The van der Waals surface area contributed by atoms with Crippen LogP contribution in [0.25, 0.3) is 5.69 Å². The van der Waals surface area contributed by atoms with Gasteiger partial charge in [0.1, 0.15) is 22.9 Å². The Labute approximate surface area is 151 Å². The van der Waals surface area contributed by atoms with Crippen LogP contribution >= 0.6 is 11.6 Å². The second kappa shape index (κ2) is 7.52. The number of aromatic nitrogens is 4. The molecule has 1 heterocycles. The summed E-state index contributed by atoms with van der Waals surface area (Å²) in [5.74, 6) is -0.312. The van der Waals surface area contributed by atoms with Crippen molar-refractivity contribution >= 4 is 11.6 Å². The van der Waals surface area contributed by atoms with E-state index in [0.717, 1.165) is 15.4 Å². The third-order valence-electron chi connectivity index (χ3n) is 3.44. The molecule has 136 valence electrons. The Kier molecular flexibility index (Phi) is 5.17. The van der Waals surface area contributed by atoms with Gasteiger partial charge in [0, 0.05) is 6.07 Å². The van der Waals surface area contributed by atoms with Gasteiger partial charge in [-0.2, -0.15) is 9.36 Å². The van der Waals surface area contributed by atoms with Crippen LogP contribution in [0.4, 0.5) is 8.78 Å². The first kappa shape index (κ1) is 17.9. The second-order valence-electron chi connectivity index (χ2n) is 5.27. The SMILES string of the molecule is O=c1n(CCCF)nnn1-c1cc(Oc2ccc(O)cc2)c(Cl)cc1F. The molecule has 0 fully saturated rings. The summed E-state index contributed by atoms with van der Waals surface area (Å²) in [6.45, 7) is -0.583. The fraction of sp³-hybridized carbons (Fsp3) is 0.188. The van der Waals surface area contributed by atoms with Crippen LogP contribution in [-0.4, -0.2) is 31.6 Å². The lowest BCUT2D eigenvalue weighted by Crippen LogP contribution is -2.25. The van der Waals surface area contributed by atoms with E-state index in [1.807, 2.05) is 0 Å². The van der Waals surface area contributed by atoms with Crippen molar-refractivity contribution < 1.29 is 18.6 Å². The molecule has 10 heteroatoms. The maximum absolute atomic E-state index is 14.3. The number of hydrogen-bond donors (Lipinski definition) is 1. The summed E-state index contributed by atoms with van der Waals surface area (Å²) in [5.41, 5.74) is -0.921. The zero-order valence-electron chi connectivity index (χ0n) is 13.3. The monoisotopic (exact) mass is 382 g/mol. The van der Waals surface area contributed by atoms with E-state index in [0.29, 0.717) is 5.75 Å². The van der Waals surface area contributed by atoms with E-state index < -0.39 is 18.2 Å². The van der Waals surface area contributed by atoms with Crippen molar-refractivity contribution in [2.45, 2.75) is 13.0 Å². The molecule has 0 aliphatic heterocycles. The number of ether oxygens (including phenoxy) is 1. The average Bonchev–Trinajstić information content (AvgIpc) is 2.98. The lowest BCUT2D eigenvalue weighted by atomic mass is 10.2. The van der Waals surface area contributed by atoms with Gasteiger partial charge in [-0.1, -0.05) is 11.6 Å². The van der Waals surface area contributed by atoms with Crippen LogP contribution in [0, 0.1) is 5.82 Å². The number of aryl methyl sites for hydroxylation is 1. The summed E-state index contributed by atoms with van der Waals surface area (Å²) >= 11 is 6.00. The number of aromatic hydroxyl groups is 1. The summed E-state index contributed by atoms with van der Waals surface area (Å²) in [4.78, 5) is 12.2. The lowest BCUT2D eigenvalue weighted by Gasteiger charge is -2.10. The largest absolute Gasteiger partial charge is 0.508 e. The number of phenols is 1. The predicted octanol–water partition coefficient (Wildman–Crippen LogP) is 3.08. The van der Waals surface area contributed by atoms with Crippen molar-refractivity contribution in [3.05, 3.63) is 57.7 Å². The van der Waals surface area contributed by atoms with Gasteiger partial charge in [0.2, 0.25) is 0 Å². The molecule has 0 aliphatic carbocycles. The minimum atomic E-state index is -0.798. The summed E-state index contributed by atoms with van der Waals surface area (Å²) in [7, 11) is 0. The molecule has 0 saturated carbocycles. The van der Waals surface area contributed by atoms with Crippen molar-refractivity contribution in [1.82, 2.24) is 19.8 Å². The van der Waals surface area contributed by atoms with Gasteiger partial charge in [0.25, 0.3) is 0 Å². The normalized spacial score (nSPS) is 10.9. The standard InChI is InChI=1S/C16H13ClF2N4O3/c17-12-8-13(19)14(23-16(25)22(20-21-23)7-1-6-18)9-15(12)26-11-4-2-10(24)3-5-11/h2-5,8-9,24H,1,6-7H2. The van der Waals surface area contributed by atoms with Gasteiger partial charge in [0.15, 0.2) is 5.82 Å². The van der Waals surface area contributed by atoms with Gasteiger partial charge < -0.3 is 9.84 Å². The molecule has 0 saturated heterocycles. The smallest absolute Gasteiger partial charge is 0.368 e. The number of alkyl halides is 1. The molecule has 0 aliphatic rings. The van der Waals surface area contributed by atoms with Crippen molar-refractivity contribution in [3.8, 4) is 22.9 Å². The first-order valence-corrected chi connectivity index (χ1v) is 7.92. The van der Waals surface area contributed by atoms with Crippen LogP contribution in [-0.2, 0) is 6.54 Å². The Balaban J connectivity index is 1.97. The van der Waals surface area contributed by atoms with Gasteiger partial charge in [0.05, 0.1) is 18.2 Å². The number of rotatable bonds is 6. The van der Waals surface area contributed by atoms with E-state index in [-0.39, 0.29) is 35.2 Å². The van der Waals surface area contributed by atoms with Gasteiger partial charge in [-0.15, -0.1) is 0 Å². The van der Waals surface area contributed by atoms with Gasteiger partial charge >= 0.3 is 5.69 Å². The Bertz CT molecular complexity index is 973. The molecule has 26 heavy (non-hydrogen) atoms. The average molecular weight is 383 g/mol. The van der Waals surface area contributed by atoms with Crippen LogP contribution < -0.4 is 10.4 Å². The molecule has 1 N–H and O–H groups in total. The number of phenolic OH excluding ortho intramolecular Hbond substituents is 1. The van der Waals surface area contributed by atoms with Crippen molar-refractivity contribution in [2.24, 2.45) is 0 Å². The Hall–Kier alpha value is -2.94. The molecule has 2 aromatic carbocycles. The molecule has 3 rings (SSSR count). The molecule has 0 amide bonds. The third kappa shape index (κ3) is 3.67. The molecule has 0 unspecified atom stereocenters. The summed E-state index contributed by atoms with van der Waals surface area (Å²) < 4.78 is 33.8. The van der Waals surface area contributed by atoms with E-state index in [1.54, 1.807) is 0 Å². The summed E-state index contributed by atoms with van der Waals surface area (Å²) in [5, 5.41) is 16.5. The van der Waals surface area contributed by atoms with E-state index in [1.165, 1.54) is 30.3 Å². The van der Waals surface area contributed by atoms with E-state index in [2.05, 4.69) is 10.4 Å². The maximum Gasteiger partial charge on any atom is 0.368 e. The number of nitrogens with zero attached hydrogens (tertiary/aromatic N) is 4. The Morgan fingerprint density at radius 1 is 1.19 bits per heavy atom. The number of tetrazole rings is 1. The zero-order valence-corrected chi connectivity index (χ0v) is 14.0. The fourth-order valence-electron chi connectivity index (χ4n) is 2.18. The highest BCUT2D eigenvalue weighted by atomic mass is 35.5. The topological polar surface area (TPSA) is 82.2 Å². The number of hydrogen-bond acceptors (Lipinski definition) is 5. The van der Waals surface area contributed by atoms with Crippen LogP contribution in [0.15, 0.2) is 41.2 Å². The van der Waals surface area contributed by atoms with Crippen LogP contribution in [0.1, 0.15) is 6.42 Å². The van der Waals surface area contributed by atoms with Crippen molar-refractivity contribution in [1.29, 1.82) is 0 Å². The summed E-state index contributed by atoms with van der Waals surface area (Å²) in [6, 6.07) is 8.01. The molecule has 1 aromatic heterocycles. The molecular weight excluding hydrogens is 370 g/mol. The number of halogens is 3. The molecule has 3 aromatic rings. The molecule has 0 atom stereocenters. The van der Waals surface area contributed by atoms with Crippen LogP contribution in [0.5, 0.6) is 17.2 Å². The maximum atomic E-state index is 14.3. The van der Waals surface area contributed by atoms with Crippen LogP contribution in [0.2, 0.25) is 5.02 Å².